The third-order valence-electron chi connectivity index (χ3n) is 22.2. The Morgan fingerprint density at radius 3 is 1.02 bits per heavy atom. The van der Waals surface area contributed by atoms with Gasteiger partial charge in [0.1, 0.15) is 17.4 Å². The molecule has 0 saturated carbocycles. The van der Waals surface area contributed by atoms with Crippen molar-refractivity contribution in [1.29, 1.82) is 0 Å². The molecule has 0 spiro atoms. The summed E-state index contributed by atoms with van der Waals surface area (Å²) < 4.78 is 118. The molecule has 13 nitrogen and oxygen atoms in total. The summed E-state index contributed by atoms with van der Waals surface area (Å²) in [4.78, 5) is 28.5. The second-order valence-electron chi connectivity index (χ2n) is 30.9. The molecule has 714 valence electrons. The van der Waals surface area contributed by atoms with Crippen LogP contribution >= 0.6 is 0 Å². The van der Waals surface area contributed by atoms with Crippen molar-refractivity contribution in [3.63, 3.8) is 0 Å². The van der Waals surface area contributed by atoms with Crippen molar-refractivity contribution < 1.29 is 140 Å². The fourth-order valence-corrected chi connectivity index (χ4v) is 15.7. The molecule has 1 unspecified atom stereocenters. The first-order chi connectivity index (χ1) is 66.5. The van der Waals surface area contributed by atoms with Crippen LogP contribution in [0.2, 0.25) is 0 Å². The van der Waals surface area contributed by atoms with Crippen LogP contribution in [0, 0.1) is 66.1 Å². The van der Waals surface area contributed by atoms with Gasteiger partial charge in [0.2, 0.25) is 5.72 Å². The predicted octanol–water partition coefficient (Wildman–Crippen LogP) is 24.5. The van der Waals surface area contributed by atoms with E-state index in [2.05, 4.69) is 76.4 Å². The molecule has 26 heteroatoms. The number of hydrogen-bond acceptors (Lipinski definition) is 12. The van der Waals surface area contributed by atoms with Gasteiger partial charge in [0.15, 0.2) is 11.2 Å². The number of nitrogens with zero attached hydrogens (tertiary/aromatic N) is 9. The summed E-state index contributed by atoms with van der Waals surface area (Å²) in [6, 6.07) is 126. The number of allylic oxidation sites excluding steroid dienone is 1. The van der Waals surface area contributed by atoms with Gasteiger partial charge in [0.25, 0.3) is 0 Å². The number of aromatic nitrogens is 8. The summed E-state index contributed by atoms with van der Waals surface area (Å²) in [6.07, 6.45) is 9.36. The number of rotatable bonds is 12. The van der Waals surface area contributed by atoms with Crippen LogP contribution in [0.1, 0.15) is 61.6 Å². The molecule has 3 aliphatic rings. The van der Waals surface area contributed by atoms with Gasteiger partial charge in [-0.3, -0.25) is 41.3 Å². The van der Waals surface area contributed by atoms with Crippen LogP contribution in [0.4, 0.5) is 39.5 Å². The van der Waals surface area contributed by atoms with Gasteiger partial charge in [-0.25, -0.2) is 4.68 Å². The Morgan fingerprint density at radius 2 is 0.688 bits per heavy atom. The summed E-state index contributed by atoms with van der Waals surface area (Å²) in [6.45, 7) is 1.92. The molecule has 4 N–H and O–H groups in total. The largest absolute Gasteiger partial charge is 0.432 e. The molecule has 0 saturated heterocycles. The summed E-state index contributed by atoms with van der Waals surface area (Å²) in [7, 11) is 0. The number of aryl methyl sites for hydroxylation is 1. The fraction of sp³-hybridized carbons (Fsp3) is 0.0609. The maximum absolute atomic E-state index is 13.2. The summed E-state index contributed by atoms with van der Waals surface area (Å²) in [5.74, 6) is -3.86. The van der Waals surface area contributed by atoms with Gasteiger partial charge < -0.3 is 40.4 Å². The normalized spacial score (nSPS) is 12.6. The van der Waals surface area contributed by atoms with Crippen molar-refractivity contribution in [3.05, 3.63) is 571 Å². The Kier molecular flexibility index (Phi) is 38.2. The molecule has 2 aliphatic carbocycles. The van der Waals surface area contributed by atoms with E-state index >= 15 is 0 Å². The second kappa shape index (κ2) is 50.2. The van der Waals surface area contributed by atoms with Crippen LogP contribution < -0.4 is 0 Å². The molecule has 19 aromatic rings. The fourth-order valence-electron chi connectivity index (χ4n) is 15.7. The third kappa shape index (κ3) is 25.2. The number of hydrogen-bond donors (Lipinski definition) is 4. The molecule has 141 heavy (non-hydrogen) atoms. The number of benzene rings is 12. The van der Waals surface area contributed by atoms with Gasteiger partial charge in [0, 0.05) is 181 Å². The summed E-state index contributed by atoms with van der Waals surface area (Å²) >= 11 is 0. The van der Waals surface area contributed by atoms with Crippen LogP contribution in [0.3, 0.4) is 0 Å². The average molecular weight is 2590 g/mol. The van der Waals surface area contributed by atoms with Crippen molar-refractivity contribution in [2.24, 2.45) is 4.99 Å². The van der Waals surface area contributed by atoms with Crippen molar-refractivity contribution in [2.45, 2.75) is 41.7 Å². The minimum Gasteiger partial charge on any atom is -0.378 e. The van der Waals surface area contributed by atoms with Crippen molar-refractivity contribution in [1.82, 2.24) is 39.7 Å². The SMILES string of the molecule is Cc1ccn(C2(O)c3ccccc3-c3ccccc32)n1.Fc1c[c-]c(-c2ccccn2)c(F)c1.Fc1c[c-]c(-c2ccccn2)c(F)c1.Fc1c[c-]c(-c2ccccn2)c(F)c1.OC(c1ccccc1)(c1ccccc1)C1C=CC(C(F)(F)F)=N1.OC(c1ccccc1)(c1ccccc1)c1ccccn1.OC1(c2ccccn2)c2ccccc2-c2ccccc21.[Ir].[Ir].[Ir].[Ir].[c-]1ccccc1-c1ccccn1. The van der Waals surface area contributed by atoms with Crippen LogP contribution in [0.15, 0.2) is 455 Å². The number of pyridine rings is 6. The van der Waals surface area contributed by atoms with Crippen LogP contribution in [0.25, 0.3) is 67.3 Å². The first kappa shape index (κ1) is 107. The van der Waals surface area contributed by atoms with Crippen LogP contribution in [-0.2, 0) is 103 Å². The number of fused-ring (bicyclic) bond motifs is 6. The minimum absolute atomic E-state index is 0. The molecule has 1 aliphatic heterocycles. The number of halogens is 9. The first-order valence-corrected chi connectivity index (χ1v) is 43.0. The number of aliphatic imine (C=N–C) groups is 1. The molecule has 4 radical (unpaired) electrons. The van der Waals surface area contributed by atoms with E-state index in [-0.39, 0.29) is 97.1 Å². The van der Waals surface area contributed by atoms with E-state index in [1.165, 1.54) is 6.08 Å². The van der Waals surface area contributed by atoms with E-state index in [0.29, 0.717) is 39.6 Å². The standard InChI is InChI=1S/C18H14F3NO.C18H13NO.C18H15NO.C17H14N2O.3C11H6F2N.C11H8N.4Ir/c19-18(20,21)16-12-11-15(22-16)17(23,13-7-3-1-4-8-13)14-9-5-2-6-10-14;20-18(17-11-5-6-12-19-17)15-9-3-1-7-13(15)14-8-2-4-10-16(14)18;20-18(15-9-3-1-4-10-15,16-11-5-2-6-12-16)17-13-7-8-14-19-17;1-12-10-11-19(18-12)17(20)15-8-4-2-6-13(15)14-7-3-5-9-16(14)17;3*12-8-4-5-9(10(13)7-8)11-3-1-2-6-14-11;1-2-6-10(7-3-1)11-8-4-5-9-12-11;;;;/h1-12,15,23H;1-12,20H;1-14,20H;2-11,20H,1H3;3*1-4,6-7H;1-6,8-9H;;;;/q;;;;4*-1;;;;. The van der Waals surface area contributed by atoms with Gasteiger partial charge in [-0.2, -0.15) is 18.3 Å². The van der Waals surface area contributed by atoms with E-state index in [0.717, 1.165) is 115 Å². The van der Waals surface area contributed by atoms with Gasteiger partial charge >= 0.3 is 6.18 Å². The van der Waals surface area contributed by atoms with Gasteiger partial charge in [-0.05, 0) is 135 Å². The zero-order chi connectivity index (χ0) is 95.8. The molecule has 0 amide bonds. The van der Waals surface area contributed by atoms with E-state index in [9.17, 15) is 59.9 Å². The molecule has 0 bridgehead atoms. The number of aliphatic hydroxyl groups is 4. The zero-order valence-corrected chi connectivity index (χ0v) is 83.9. The second-order valence-corrected chi connectivity index (χ2v) is 30.9. The Labute approximate surface area is 863 Å². The maximum atomic E-state index is 13.2. The molecule has 7 aromatic heterocycles. The summed E-state index contributed by atoms with van der Waals surface area (Å²) in [5.41, 5.74) is 10.3. The molecule has 0 fully saturated rings. The minimum atomic E-state index is -4.53. The predicted molar refractivity (Wildman–Crippen MR) is 511 cm³/mol. The number of alkyl halides is 3. The zero-order valence-electron chi connectivity index (χ0n) is 74.4. The molecule has 12 aromatic carbocycles. The Balaban J connectivity index is 0.000000155. The third-order valence-corrected chi connectivity index (χ3v) is 22.2. The molecule has 8 heterocycles. The van der Waals surface area contributed by atoms with E-state index in [4.69, 9.17) is 0 Å². The molecular weight excluding hydrogens is 2510 g/mol. The maximum Gasteiger partial charge on any atom is 0.432 e. The smallest absolute Gasteiger partial charge is 0.378 e. The monoisotopic (exact) mass is 2600 g/mol. The Morgan fingerprint density at radius 1 is 0.348 bits per heavy atom. The Hall–Kier alpha value is -14.0. The van der Waals surface area contributed by atoms with Crippen LogP contribution in [0.5, 0.6) is 0 Å². The Bertz CT molecular complexity index is 6710. The van der Waals surface area contributed by atoms with E-state index < -0.39 is 75.4 Å². The van der Waals surface area contributed by atoms with Gasteiger partial charge in [0.05, 0.1) is 17.1 Å². The molecule has 22 rings (SSSR count). The molecular formula is C115H82F9Ir4N9O4-4. The van der Waals surface area contributed by atoms with E-state index in [1.807, 2.05) is 244 Å². The quantitative estimate of drug-likeness (QED) is 0.0673. The van der Waals surface area contributed by atoms with Crippen LogP contribution in [-0.4, -0.2) is 78.0 Å². The van der Waals surface area contributed by atoms with Crippen molar-refractivity contribution in [2.75, 3.05) is 0 Å². The summed E-state index contributed by atoms with van der Waals surface area (Å²) in [5, 5.41) is 49.9. The van der Waals surface area contributed by atoms with Crippen molar-refractivity contribution >= 4 is 5.71 Å². The topological polar surface area (TPSA) is 188 Å². The van der Waals surface area contributed by atoms with Gasteiger partial charge in [-0.1, -0.05) is 320 Å². The van der Waals surface area contributed by atoms with Crippen molar-refractivity contribution in [3.8, 4) is 67.3 Å². The van der Waals surface area contributed by atoms with Gasteiger partial charge in [-0.15, -0.1) is 72.3 Å². The first-order valence-electron chi connectivity index (χ1n) is 43.0. The molecule has 1 atom stereocenters. The average Bonchev–Trinajstić information content (AvgIpc) is 1.56. The van der Waals surface area contributed by atoms with E-state index in [1.54, 1.807) is 157 Å².